The van der Waals surface area contributed by atoms with Crippen molar-refractivity contribution in [3.63, 3.8) is 0 Å². The van der Waals surface area contributed by atoms with Crippen molar-refractivity contribution < 1.29 is 18.6 Å². The first-order valence-corrected chi connectivity index (χ1v) is 15.7. The van der Waals surface area contributed by atoms with Crippen LogP contribution in [0.5, 0.6) is 5.75 Å². The lowest BCUT2D eigenvalue weighted by molar-refractivity contribution is -0.0846. The number of ether oxygens (including phenoxy) is 3. The lowest BCUT2D eigenvalue weighted by Crippen LogP contribution is -2.44. The van der Waals surface area contributed by atoms with Crippen molar-refractivity contribution in [2.75, 3.05) is 7.11 Å². The lowest BCUT2D eigenvalue weighted by atomic mass is 10.0. The van der Waals surface area contributed by atoms with Gasteiger partial charge in [0.05, 0.1) is 38.1 Å². The predicted octanol–water partition coefficient (Wildman–Crippen LogP) is 7.67. The quantitative estimate of drug-likeness (QED) is 0.204. The first-order valence-electron chi connectivity index (χ1n) is 12.8. The molecule has 0 saturated carbocycles. The van der Waals surface area contributed by atoms with Crippen molar-refractivity contribution in [1.29, 1.82) is 0 Å². The zero-order valence-corrected chi connectivity index (χ0v) is 23.2. The maximum absolute atomic E-state index is 6.74. The van der Waals surface area contributed by atoms with E-state index in [9.17, 15) is 0 Å². The Bertz CT molecular complexity index is 695. The second-order valence-corrected chi connectivity index (χ2v) is 15.7. The van der Waals surface area contributed by atoms with E-state index in [1.54, 1.807) is 7.11 Å². The second kappa shape index (κ2) is 13.1. The molecule has 0 bridgehead atoms. The summed E-state index contributed by atoms with van der Waals surface area (Å²) < 4.78 is 25.0. The van der Waals surface area contributed by atoms with Gasteiger partial charge in [-0.05, 0) is 67.9 Å². The van der Waals surface area contributed by atoms with Crippen LogP contribution in [0.25, 0.3) is 0 Å². The third-order valence-electron chi connectivity index (χ3n) is 7.24. The van der Waals surface area contributed by atoms with Gasteiger partial charge in [-0.25, -0.2) is 0 Å². The molecule has 188 valence electrons. The normalized spacial score (nSPS) is 21.1. The van der Waals surface area contributed by atoms with Gasteiger partial charge in [-0.15, -0.1) is 6.58 Å². The number of methoxy groups -OCH3 is 1. The van der Waals surface area contributed by atoms with Gasteiger partial charge in [0.15, 0.2) is 8.32 Å². The maximum Gasteiger partial charge on any atom is 0.192 e. The molecule has 0 radical (unpaired) electrons. The van der Waals surface area contributed by atoms with Crippen LogP contribution in [0.3, 0.4) is 0 Å². The van der Waals surface area contributed by atoms with E-state index in [1.807, 2.05) is 18.2 Å². The van der Waals surface area contributed by atoms with Crippen molar-refractivity contribution in [2.24, 2.45) is 0 Å². The average Bonchev–Trinajstić information content (AvgIpc) is 3.21. The van der Waals surface area contributed by atoms with Gasteiger partial charge in [0.25, 0.3) is 0 Å². The molecule has 0 amide bonds. The van der Waals surface area contributed by atoms with Crippen molar-refractivity contribution in [3.8, 4) is 5.75 Å². The summed E-state index contributed by atoms with van der Waals surface area (Å²) in [7, 11) is -0.136. The van der Waals surface area contributed by atoms with Crippen LogP contribution in [0, 0.1) is 0 Å². The second-order valence-electron chi connectivity index (χ2n) is 11.0. The Kier molecular flexibility index (Phi) is 11.1. The Morgan fingerprint density at radius 1 is 1.18 bits per heavy atom. The van der Waals surface area contributed by atoms with Gasteiger partial charge in [0.1, 0.15) is 5.75 Å². The highest BCUT2D eigenvalue weighted by atomic mass is 28.4. The molecule has 1 aromatic rings. The zero-order chi connectivity index (χ0) is 24.5. The van der Waals surface area contributed by atoms with Crippen molar-refractivity contribution >= 4 is 8.32 Å². The van der Waals surface area contributed by atoms with E-state index in [1.165, 1.54) is 12.0 Å². The fraction of sp³-hybridized carbons (Fsp3) is 0.714. The van der Waals surface area contributed by atoms with Gasteiger partial charge in [-0.2, -0.15) is 0 Å². The van der Waals surface area contributed by atoms with E-state index < -0.39 is 8.32 Å². The number of rotatable bonds is 14. The zero-order valence-electron chi connectivity index (χ0n) is 22.2. The smallest absolute Gasteiger partial charge is 0.192 e. The van der Waals surface area contributed by atoms with Crippen LogP contribution in [0.15, 0.2) is 36.9 Å². The Hall–Kier alpha value is -1.14. The van der Waals surface area contributed by atoms with E-state index >= 15 is 0 Å². The Morgan fingerprint density at radius 2 is 1.88 bits per heavy atom. The molecule has 4 atom stereocenters. The van der Waals surface area contributed by atoms with Crippen LogP contribution in [-0.4, -0.2) is 39.8 Å². The van der Waals surface area contributed by atoms with E-state index in [0.29, 0.717) is 6.61 Å². The molecule has 5 heteroatoms. The topological polar surface area (TPSA) is 36.9 Å². The molecule has 0 N–H and O–H groups in total. The maximum atomic E-state index is 6.74. The van der Waals surface area contributed by atoms with Crippen LogP contribution in [-0.2, 0) is 20.5 Å². The minimum absolute atomic E-state index is 0.135. The largest absolute Gasteiger partial charge is 0.497 e. The van der Waals surface area contributed by atoms with Crippen LogP contribution in [0.2, 0.25) is 18.1 Å². The van der Waals surface area contributed by atoms with E-state index in [2.05, 4.69) is 59.5 Å². The third-order valence-corrected chi connectivity index (χ3v) is 11.8. The SMILES string of the molecule is C=CC[C@H](C[C@@H]1CC[C@@H]([C@H](CCCC)OCc2ccc(OC)cc2)O1)O[Si](C)(C)C(C)(C)C. The van der Waals surface area contributed by atoms with Gasteiger partial charge < -0.3 is 18.6 Å². The molecule has 1 fully saturated rings. The number of hydrogen-bond acceptors (Lipinski definition) is 4. The van der Waals surface area contributed by atoms with Crippen molar-refractivity contribution in [2.45, 2.75) is 122 Å². The van der Waals surface area contributed by atoms with Crippen LogP contribution >= 0.6 is 0 Å². The minimum atomic E-state index is -1.83. The highest BCUT2D eigenvalue weighted by Crippen LogP contribution is 2.39. The highest BCUT2D eigenvalue weighted by molar-refractivity contribution is 6.74. The number of hydrogen-bond donors (Lipinski definition) is 0. The molecule has 1 aromatic carbocycles. The standard InChI is InChI=1S/C28H48O4Si/c1-9-11-13-26(30-21-22-14-16-23(29-6)17-15-22)27-19-18-24(31-27)20-25(12-10-2)32-33(7,8)28(3,4)5/h10,14-17,24-27H,2,9,11-13,18-21H2,1,3-8H3/t24-,25+,26-,27-/m0/s1. The average molecular weight is 477 g/mol. The first kappa shape index (κ1) is 28.1. The Balaban J connectivity index is 1.95. The van der Waals surface area contributed by atoms with Gasteiger partial charge >= 0.3 is 0 Å². The Labute approximate surface area is 204 Å². The van der Waals surface area contributed by atoms with Gasteiger partial charge in [0, 0.05) is 0 Å². The molecule has 1 heterocycles. The van der Waals surface area contributed by atoms with Crippen LogP contribution in [0.1, 0.15) is 78.2 Å². The van der Waals surface area contributed by atoms with E-state index in [-0.39, 0.29) is 29.5 Å². The summed E-state index contributed by atoms with van der Waals surface area (Å²) in [4.78, 5) is 0. The molecule has 33 heavy (non-hydrogen) atoms. The molecule has 4 nitrogen and oxygen atoms in total. The van der Waals surface area contributed by atoms with Gasteiger partial charge in [-0.1, -0.05) is 58.7 Å². The molecule has 2 rings (SSSR count). The Morgan fingerprint density at radius 3 is 2.45 bits per heavy atom. The third kappa shape index (κ3) is 8.86. The summed E-state index contributed by atoms with van der Waals surface area (Å²) in [5.74, 6) is 0.872. The predicted molar refractivity (Wildman–Crippen MR) is 140 cm³/mol. The molecule has 1 aliphatic rings. The number of benzene rings is 1. The molecule has 0 unspecified atom stereocenters. The fourth-order valence-electron chi connectivity index (χ4n) is 4.15. The molecular formula is C28H48O4Si. The lowest BCUT2D eigenvalue weighted by Gasteiger charge is -2.39. The van der Waals surface area contributed by atoms with Crippen LogP contribution in [0.4, 0.5) is 0 Å². The minimum Gasteiger partial charge on any atom is -0.497 e. The highest BCUT2D eigenvalue weighted by Gasteiger charge is 2.40. The summed E-state index contributed by atoms with van der Waals surface area (Å²) in [5, 5.41) is 0.200. The van der Waals surface area contributed by atoms with E-state index in [0.717, 1.165) is 44.3 Å². The molecule has 1 saturated heterocycles. The van der Waals surface area contributed by atoms with Crippen LogP contribution < -0.4 is 4.74 Å². The molecule has 0 aromatic heterocycles. The van der Waals surface area contributed by atoms with Gasteiger partial charge in [-0.3, -0.25) is 0 Å². The van der Waals surface area contributed by atoms with Crippen molar-refractivity contribution in [1.82, 2.24) is 0 Å². The summed E-state index contributed by atoms with van der Waals surface area (Å²) >= 11 is 0. The van der Waals surface area contributed by atoms with Crippen molar-refractivity contribution in [3.05, 3.63) is 42.5 Å². The molecule has 1 aliphatic heterocycles. The summed E-state index contributed by atoms with van der Waals surface area (Å²) in [6.45, 7) is 18.4. The van der Waals surface area contributed by atoms with Gasteiger partial charge in [0.2, 0.25) is 0 Å². The monoisotopic (exact) mass is 476 g/mol. The first-order chi connectivity index (χ1) is 15.6. The summed E-state index contributed by atoms with van der Waals surface area (Å²) in [6, 6.07) is 8.13. The number of unbranched alkanes of at least 4 members (excludes halogenated alkanes) is 1. The molecular weight excluding hydrogens is 428 g/mol. The molecule has 0 spiro atoms. The molecule has 0 aliphatic carbocycles. The van der Waals surface area contributed by atoms with E-state index in [4.69, 9.17) is 18.6 Å². The summed E-state index contributed by atoms with van der Waals surface area (Å²) in [5.41, 5.74) is 1.17. The fourth-order valence-corrected chi connectivity index (χ4v) is 5.53. The summed E-state index contributed by atoms with van der Waals surface area (Å²) in [6.07, 6.45) is 10.0.